The van der Waals surface area contributed by atoms with E-state index in [-0.39, 0.29) is 0 Å². The fraction of sp³-hybridized carbons (Fsp3) is 0.467. The lowest BCUT2D eigenvalue weighted by Crippen LogP contribution is -2.08. The summed E-state index contributed by atoms with van der Waals surface area (Å²) in [6.07, 6.45) is 4.23. The van der Waals surface area contributed by atoms with E-state index in [2.05, 4.69) is 10.1 Å². The molecule has 0 radical (unpaired) electrons. The van der Waals surface area contributed by atoms with Gasteiger partial charge in [-0.05, 0) is 31.0 Å². The molecule has 0 unspecified atom stereocenters. The van der Waals surface area contributed by atoms with Crippen molar-refractivity contribution >= 4 is 0 Å². The SMILES string of the molecule is FC(F)(F)c1ccc(-n2ccc(C3CCCCC3)n2)nc1. The zero-order valence-electron chi connectivity index (χ0n) is 11.5. The third-order valence-corrected chi connectivity index (χ3v) is 3.94. The molecule has 112 valence electrons. The van der Waals surface area contributed by atoms with Gasteiger partial charge in [0.1, 0.15) is 0 Å². The number of alkyl halides is 3. The van der Waals surface area contributed by atoms with E-state index < -0.39 is 11.7 Å². The smallest absolute Gasteiger partial charge is 0.237 e. The van der Waals surface area contributed by atoms with Gasteiger partial charge in [0.2, 0.25) is 0 Å². The quantitative estimate of drug-likeness (QED) is 0.825. The summed E-state index contributed by atoms with van der Waals surface area (Å²) in [5, 5.41) is 4.47. The summed E-state index contributed by atoms with van der Waals surface area (Å²) in [5.74, 6) is 0.875. The van der Waals surface area contributed by atoms with E-state index in [1.807, 2.05) is 6.07 Å². The monoisotopic (exact) mass is 295 g/mol. The topological polar surface area (TPSA) is 30.7 Å². The third-order valence-electron chi connectivity index (χ3n) is 3.94. The Hall–Kier alpha value is -1.85. The number of halogens is 3. The third kappa shape index (κ3) is 3.09. The zero-order chi connectivity index (χ0) is 14.9. The Kier molecular flexibility index (Phi) is 3.69. The van der Waals surface area contributed by atoms with Crippen molar-refractivity contribution in [3.63, 3.8) is 0 Å². The van der Waals surface area contributed by atoms with E-state index in [1.165, 1.54) is 25.3 Å². The van der Waals surface area contributed by atoms with Crippen LogP contribution >= 0.6 is 0 Å². The molecule has 0 atom stereocenters. The van der Waals surface area contributed by atoms with Crippen LogP contribution in [-0.4, -0.2) is 14.8 Å². The zero-order valence-corrected chi connectivity index (χ0v) is 11.5. The van der Waals surface area contributed by atoms with Crippen LogP contribution < -0.4 is 0 Å². The van der Waals surface area contributed by atoms with Gasteiger partial charge >= 0.3 is 6.18 Å². The van der Waals surface area contributed by atoms with Gasteiger partial charge in [0.25, 0.3) is 0 Å². The summed E-state index contributed by atoms with van der Waals surface area (Å²) in [6, 6.07) is 4.32. The molecule has 0 amide bonds. The van der Waals surface area contributed by atoms with Crippen molar-refractivity contribution in [1.82, 2.24) is 14.8 Å². The maximum absolute atomic E-state index is 12.5. The summed E-state index contributed by atoms with van der Waals surface area (Å²) >= 11 is 0. The minimum atomic E-state index is -4.36. The van der Waals surface area contributed by atoms with Crippen LogP contribution in [0.15, 0.2) is 30.6 Å². The molecule has 21 heavy (non-hydrogen) atoms. The molecule has 0 aromatic carbocycles. The molecule has 0 N–H and O–H groups in total. The van der Waals surface area contributed by atoms with E-state index in [1.54, 1.807) is 10.9 Å². The van der Waals surface area contributed by atoms with Gasteiger partial charge in [-0.1, -0.05) is 19.3 Å². The molecule has 0 saturated heterocycles. The maximum atomic E-state index is 12.5. The molecule has 0 spiro atoms. The Balaban J connectivity index is 1.79. The van der Waals surface area contributed by atoms with Crippen molar-refractivity contribution in [2.75, 3.05) is 0 Å². The van der Waals surface area contributed by atoms with Crippen molar-refractivity contribution in [1.29, 1.82) is 0 Å². The van der Waals surface area contributed by atoms with Crippen molar-refractivity contribution in [3.05, 3.63) is 41.9 Å². The highest BCUT2D eigenvalue weighted by Gasteiger charge is 2.30. The second-order valence-corrected chi connectivity index (χ2v) is 5.42. The van der Waals surface area contributed by atoms with Crippen molar-refractivity contribution < 1.29 is 13.2 Å². The van der Waals surface area contributed by atoms with Gasteiger partial charge in [-0.3, -0.25) is 0 Å². The predicted molar refractivity (Wildman–Crippen MR) is 72.2 cm³/mol. The minimum Gasteiger partial charge on any atom is -0.237 e. The average molecular weight is 295 g/mol. The standard InChI is InChI=1S/C15H16F3N3/c16-15(17,18)12-6-7-14(19-10-12)21-9-8-13(20-21)11-4-2-1-3-5-11/h6-11H,1-5H2. The number of hydrogen-bond donors (Lipinski definition) is 0. The van der Waals surface area contributed by atoms with Crippen LogP contribution in [0.5, 0.6) is 0 Å². The van der Waals surface area contributed by atoms with E-state index in [9.17, 15) is 13.2 Å². The van der Waals surface area contributed by atoms with Gasteiger partial charge in [-0.25, -0.2) is 9.67 Å². The molecule has 1 aliphatic rings. The number of aromatic nitrogens is 3. The summed E-state index contributed by atoms with van der Waals surface area (Å²) in [5.41, 5.74) is 0.266. The van der Waals surface area contributed by atoms with Crippen LogP contribution in [-0.2, 0) is 6.18 Å². The van der Waals surface area contributed by atoms with Gasteiger partial charge in [0, 0.05) is 18.3 Å². The summed E-state index contributed by atoms with van der Waals surface area (Å²) < 4.78 is 39.1. The van der Waals surface area contributed by atoms with Crippen LogP contribution in [0, 0.1) is 0 Å². The number of pyridine rings is 1. The fourth-order valence-corrected chi connectivity index (χ4v) is 2.77. The molecule has 0 aliphatic heterocycles. The highest BCUT2D eigenvalue weighted by Crippen LogP contribution is 2.32. The van der Waals surface area contributed by atoms with Gasteiger partial charge in [-0.15, -0.1) is 0 Å². The lowest BCUT2D eigenvalue weighted by atomic mass is 9.87. The second kappa shape index (κ2) is 5.50. The van der Waals surface area contributed by atoms with Crippen LogP contribution in [0.3, 0.4) is 0 Å². The van der Waals surface area contributed by atoms with Crippen molar-refractivity contribution in [2.45, 2.75) is 44.2 Å². The lowest BCUT2D eigenvalue weighted by Gasteiger charge is -2.19. The first-order chi connectivity index (χ1) is 10.0. The highest BCUT2D eigenvalue weighted by atomic mass is 19.4. The minimum absolute atomic E-state index is 0.407. The average Bonchev–Trinajstić information content (AvgIpc) is 2.97. The van der Waals surface area contributed by atoms with Crippen molar-refractivity contribution in [2.24, 2.45) is 0 Å². The first kappa shape index (κ1) is 14.1. The highest BCUT2D eigenvalue weighted by molar-refractivity contribution is 5.27. The second-order valence-electron chi connectivity index (χ2n) is 5.42. The van der Waals surface area contributed by atoms with Crippen LogP contribution in [0.25, 0.3) is 5.82 Å². The molecule has 3 rings (SSSR count). The molecule has 2 aromatic rings. The first-order valence-corrected chi connectivity index (χ1v) is 7.13. The van der Waals surface area contributed by atoms with Gasteiger partial charge in [-0.2, -0.15) is 18.3 Å². The number of nitrogens with zero attached hydrogens (tertiary/aromatic N) is 3. The normalized spacial score (nSPS) is 17.1. The van der Waals surface area contributed by atoms with E-state index in [0.29, 0.717) is 11.7 Å². The first-order valence-electron chi connectivity index (χ1n) is 7.13. The van der Waals surface area contributed by atoms with Crippen LogP contribution in [0.4, 0.5) is 13.2 Å². The number of hydrogen-bond acceptors (Lipinski definition) is 2. The molecule has 1 saturated carbocycles. The van der Waals surface area contributed by atoms with Gasteiger partial charge in [0.15, 0.2) is 5.82 Å². The molecule has 0 bridgehead atoms. The summed E-state index contributed by atoms with van der Waals surface area (Å²) in [7, 11) is 0. The van der Waals surface area contributed by atoms with Crippen LogP contribution in [0.2, 0.25) is 0 Å². The van der Waals surface area contributed by atoms with E-state index >= 15 is 0 Å². The van der Waals surface area contributed by atoms with Gasteiger partial charge < -0.3 is 0 Å². The molecule has 2 heterocycles. The maximum Gasteiger partial charge on any atom is 0.417 e. The van der Waals surface area contributed by atoms with E-state index in [4.69, 9.17) is 0 Å². The molecular weight excluding hydrogens is 279 g/mol. The molecule has 2 aromatic heterocycles. The molecular formula is C15H16F3N3. The fourth-order valence-electron chi connectivity index (χ4n) is 2.77. The Bertz CT molecular complexity index is 595. The number of rotatable bonds is 2. The molecule has 1 fully saturated rings. The van der Waals surface area contributed by atoms with Crippen molar-refractivity contribution in [3.8, 4) is 5.82 Å². The Morgan fingerprint density at radius 1 is 1.05 bits per heavy atom. The lowest BCUT2D eigenvalue weighted by molar-refractivity contribution is -0.137. The van der Waals surface area contributed by atoms with Gasteiger partial charge in [0.05, 0.1) is 11.3 Å². The molecule has 1 aliphatic carbocycles. The van der Waals surface area contributed by atoms with Crippen LogP contribution in [0.1, 0.15) is 49.3 Å². The summed E-state index contributed by atoms with van der Waals surface area (Å²) in [6.45, 7) is 0. The molecule has 3 nitrogen and oxygen atoms in total. The Morgan fingerprint density at radius 3 is 2.43 bits per heavy atom. The predicted octanol–water partition coefficient (Wildman–Crippen LogP) is 4.33. The Morgan fingerprint density at radius 2 is 1.81 bits per heavy atom. The molecule has 6 heteroatoms. The summed E-state index contributed by atoms with van der Waals surface area (Å²) in [4.78, 5) is 3.85. The van der Waals surface area contributed by atoms with E-state index in [0.717, 1.165) is 30.8 Å². The Labute approximate surface area is 120 Å². The largest absolute Gasteiger partial charge is 0.417 e.